The van der Waals surface area contributed by atoms with Crippen LogP contribution in [0.4, 0.5) is 0 Å². The SMILES string of the molecule is COC(CCCCCCCP(Br)(c1ccccc1)(c1ccccc1)c1ccccc1)OC. The van der Waals surface area contributed by atoms with Gasteiger partial charge in [0.1, 0.15) is 0 Å². The molecule has 2 nitrogen and oxygen atoms in total. The van der Waals surface area contributed by atoms with Crippen LogP contribution in [0.5, 0.6) is 0 Å². The maximum atomic E-state index is 5.31. The van der Waals surface area contributed by atoms with Crippen LogP contribution >= 0.6 is 20.8 Å². The fraction of sp³-hybridized carbons (Fsp3) is 0.357. The van der Waals surface area contributed by atoms with E-state index in [0.717, 1.165) is 19.0 Å². The molecule has 0 unspecified atom stereocenters. The Morgan fingerprint density at radius 3 is 1.38 bits per heavy atom. The fourth-order valence-electron chi connectivity index (χ4n) is 4.63. The predicted octanol–water partition coefficient (Wildman–Crippen LogP) is 6.79. The molecule has 0 spiro atoms. The molecule has 32 heavy (non-hydrogen) atoms. The van der Waals surface area contributed by atoms with Gasteiger partial charge in [0.25, 0.3) is 0 Å². The van der Waals surface area contributed by atoms with Crippen molar-refractivity contribution in [1.82, 2.24) is 0 Å². The molecule has 4 heteroatoms. The first kappa shape index (κ1) is 25.1. The zero-order valence-corrected chi connectivity index (χ0v) is 21.8. The van der Waals surface area contributed by atoms with E-state index in [2.05, 4.69) is 106 Å². The second-order valence-corrected chi connectivity index (χ2v) is 17.4. The molecule has 0 saturated heterocycles. The Hall–Kier alpha value is -1.51. The number of hydrogen-bond donors (Lipinski definition) is 0. The van der Waals surface area contributed by atoms with E-state index in [0.29, 0.717) is 0 Å². The molecule has 0 atom stereocenters. The number of rotatable bonds is 13. The molecule has 0 fully saturated rings. The summed E-state index contributed by atoms with van der Waals surface area (Å²) in [4.78, 5) is 0. The van der Waals surface area contributed by atoms with Gasteiger partial charge in [0, 0.05) is 0 Å². The number of ether oxygens (including phenoxy) is 2. The van der Waals surface area contributed by atoms with Crippen LogP contribution < -0.4 is 15.9 Å². The van der Waals surface area contributed by atoms with Gasteiger partial charge in [-0.1, -0.05) is 0 Å². The summed E-state index contributed by atoms with van der Waals surface area (Å²) in [5.74, 6) is 0. The average molecular weight is 515 g/mol. The third kappa shape index (κ3) is 5.51. The van der Waals surface area contributed by atoms with Crippen molar-refractivity contribution in [3.8, 4) is 0 Å². The standard InChI is InChI=1S/C28H36BrO2P/c1-30-28(31-2)23-15-4-3-5-16-24-32(29,25-17-9-6-10-18-25,26-19-11-7-12-20-26)27-21-13-8-14-22-27/h6-14,17-22,28H,3-5,15-16,23-24H2,1-2H3. The van der Waals surface area contributed by atoms with Gasteiger partial charge in [-0.25, -0.2) is 0 Å². The van der Waals surface area contributed by atoms with Crippen molar-refractivity contribution in [2.45, 2.75) is 44.8 Å². The molecule has 0 heterocycles. The van der Waals surface area contributed by atoms with E-state index in [4.69, 9.17) is 9.47 Å². The normalized spacial score (nSPS) is 13.1. The Balaban J connectivity index is 1.84. The zero-order valence-electron chi connectivity index (χ0n) is 19.3. The fourth-order valence-corrected chi connectivity index (χ4v) is 12.4. The van der Waals surface area contributed by atoms with Gasteiger partial charge in [0.05, 0.1) is 0 Å². The molecule has 0 amide bonds. The van der Waals surface area contributed by atoms with Gasteiger partial charge in [0.15, 0.2) is 0 Å². The molecule has 172 valence electrons. The van der Waals surface area contributed by atoms with E-state index in [9.17, 15) is 0 Å². The first-order valence-corrected chi connectivity index (χ1v) is 16.0. The number of benzene rings is 3. The molecular formula is C28H36BrO2P. The van der Waals surface area contributed by atoms with Crippen molar-refractivity contribution in [2.24, 2.45) is 0 Å². The molecule has 3 aromatic carbocycles. The molecule has 0 aliphatic rings. The monoisotopic (exact) mass is 514 g/mol. The summed E-state index contributed by atoms with van der Waals surface area (Å²) in [5.41, 5.74) is 0. The van der Waals surface area contributed by atoms with Gasteiger partial charge < -0.3 is 0 Å². The summed E-state index contributed by atoms with van der Waals surface area (Å²) in [7, 11) is 3.43. The molecule has 3 aromatic rings. The molecule has 0 aliphatic carbocycles. The topological polar surface area (TPSA) is 18.5 Å². The van der Waals surface area contributed by atoms with Gasteiger partial charge in [-0.15, -0.1) is 0 Å². The molecule has 0 N–H and O–H groups in total. The van der Waals surface area contributed by atoms with Crippen LogP contribution in [-0.2, 0) is 9.47 Å². The molecule has 0 radical (unpaired) electrons. The first-order valence-electron chi connectivity index (χ1n) is 11.6. The van der Waals surface area contributed by atoms with Crippen molar-refractivity contribution in [3.05, 3.63) is 91.0 Å². The maximum absolute atomic E-state index is 5.31. The minimum absolute atomic E-state index is 0.0744. The molecule has 0 aromatic heterocycles. The third-order valence-electron chi connectivity index (χ3n) is 6.43. The number of hydrogen-bond acceptors (Lipinski definition) is 2. The Labute approximate surface area is 202 Å². The first-order chi connectivity index (χ1) is 15.6. The summed E-state index contributed by atoms with van der Waals surface area (Å²) >= 11 is 4.54. The van der Waals surface area contributed by atoms with Crippen LogP contribution in [0.3, 0.4) is 0 Å². The molecule has 0 aliphatic heterocycles. The predicted molar refractivity (Wildman–Crippen MR) is 144 cm³/mol. The van der Waals surface area contributed by atoms with E-state index < -0.39 is 5.31 Å². The summed E-state index contributed by atoms with van der Waals surface area (Å²) < 4.78 is 10.6. The second kappa shape index (κ2) is 12.1. The van der Waals surface area contributed by atoms with E-state index >= 15 is 0 Å². The van der Waals surface area contributed by atoms with Gasteiger partial charge in [-0.3, -0.25) is 0 Å². The van der Waals surface area contributed by atoms with Crippen molar-refractivity contribution in [3.63, 3.8) is 0 Å². The van der Waals surface area contributed by atoms with Crippen LogP contribution in [-0.4, -0.2) is 26.7 Å². The van der Waals surface area contributed by atoms with Crippen molar-refractivity contribution in [2.75, 3.05) is 20.4 Å². The van der Waals surface area contributed by atoms with E-state index in [1.54, 1.807) is 14.2 Å². The zero-order chi connectivity index (χ0) is 22.7. The van der Waals surface area contributed by atoms with Gasteiger partial charge in [0.2, 0.25) is 0 Å². The van der Waals surface area contributed by atoms with E-state index in [1.165, 1.54) is 41.6 Å². The van der Waals surface area contributed by atoms with Crippen LogP contribution in [0.15, 0.2) is 91.0 Å². The van der Waals surface area contributed by atoms with Crippen molar-refractivity contribution < 1.29 is 9.47 Å². The number of halogens is 1. The summed E-state index contributed by atoms with van der Waals surface area (Å²) in [5, 5.41) is 1.44. The van der Waals surface area contributed by atoms with Crippen LogP contribution in [0.2, 0.25) is 0 Å². The Kier molecular flexibility index (Phi) is 9.49. The number of methoxy groups -OCH3 is 2. The molecule has 3 rings (SSSR count). The second-order valence-electron chi connectivity index (χ2n) is 8.37. The summed E-state index contributed by atoms with van der Waals surface area (Å²) in [6, 6.07) is 33.2. The summed E-state index contributed by atoms with van der Waals surface area (Å²) in [6.07, 6.45) is 7.99. The van der Waals surface area contributed by atoms with Crippen LogP contribution in [0.25, 0.3) is 0 Å². The molecule has 0 saturated carbocycles. The Bertz CT molecular complexity index is 815. The average Bonchev–Trinajstić information content (AvgIpc) is 2.87. The Morgan fingerprint density at radius 1 is 0.594 bits per heavy atom. The van der Waals surface area contributed by atoms with E-state index in [1.807, 2.05) is 0 Å². The van der Waals surface area contributed by atoms with E-state index in [-0.39, 0.29) is 6.29 Å². The third-order valence-corrected chi connectivity index (χ3v) is 16.5. The Morgan fingerprint density at radius 2 is 0.969 bits per heavy atom. The minimum atomic E-state index is -2.76. The van der Waals surface area contributed by atoms with Gasteiger partial charge >= 0.3 is 202 Å². The van der Waals surface area contributed by atoms with Crippen LogP contribution in [0.1, 0.15) is 38.5 Å². The van der Waals surface area contributed by atoms with Gasteiger partial charge in [-0.2, -0.15) is 0 Å². The quantitative estimate of drug-likeness (QED) is 0.142. The number of unbranched alkanes of at least 4 members (excludes halogenated alkanes) is 4. The van der Waals surface area contributed by atoms with Crippen molar-refractivity contribution >= 4 is 36.7 Å². The summed E-state index contributed by atoms with van der Waals surface area (Å²) in [6.45, 7) is 0. The van der Waals surface area contributed by atoms with Gasteiger partial charge in [-0.05, 0) is 0 Å². The molecule has 0 bridgehead atoms. The van der Waals surface area contributed by atoms with Crippen molar-refractivity contribution in [1.29, 1.82) is 0 Å². The van der Waals surface area contributed by atoms with Crippen LogP contribution in [0, 0.1) is 0 Å². The molecular weight excluding hydrogens is 479 g/mol.